The maximum absolute atomic E-state index is 12.9. The normalized spacial score (nSPS) is 14.2. The topological polar surface area (TPSA) is 108 Å². The number of amides is 1. The highest BCUT2D eigenvalue weighted by atomic mass is 31.2. The molecule has 0 heterocycles. The third-order valence-corrected chi connectivity index (χ3v) is 13.7. The van der Waals surface area contributed by atoms with Crippen molar-refractivity contribution in [3.63, 3.8) is 0 Å². The van der Waals surface area contributed by atoms with Crippen molar-refractivity contribution in [3.05, 3.63) is 24.3 Å². The molecule has 3 unspecified atom stereocenters. The molecule has 0 spiro atoms. The van der Waals surface area contributed by atoms with Gasteiger partial charge in [0.1, 0.15) is 13.2 Å². The Bertz CT molecular complexity index is 1090. The predicted molar refractivity (Wildman–Crippen MR) is 275 cm³/mol. The van der Waals surface area contributed by atoms with E-state index in [9.17, 15) is 19.4 Å². The third-order valence-electron chi connectivity index (χ3n) is 12.7. The number of hydrogen-bond donors (Lipinski definition) is 2. The van der Waals surface area contributed by atoms with Gasteiger partial charge in [-0.2, -0.15) is 0 Å². The van der Waals surface area contributed by atoms with Gasteiger partial charge in [0.15, 0.2) is 0 Å². The summed E-state index contributed by atoms with van der Waals surface area (Å²) in [5, 5.41) is 13.9. The zero-order valence-electron chi connectivity index (χ0n) is 43.3. The third kappa shape index (κ3) is 48.9. The van der Waals surface area contributed by atoms with Gasteiger partial charge in [-0.15, -0.1) is 0 Å². The van der Waals surface area contributed by atoms with Crippen LogP contribution in [-0.2, 0) is 18.4 Å². The van der Waals surface area contributed by atoms with E-state index in [2.05, 4.69) is 43.5 Å². The van der Waals surface area contributed by atoms with Gasteiger partial charge < -0.3 is 28.8 Å². The van der Waals surface area contributed by atoms with Crippen LogP contribution in [0.3, 0.4) is 0 Å². The van der Waals surface area contributed by atoms with Gasteiger partial charge in [-0.3, -0.25) is 9.36 Å². The molecule has 8 nitrogen and oxygen atoms in total. The quantitative estimate of drug-likeness (QED) is 0.0272. The zero-order valence-corrected chi connectivity index (χ0v) is 44.1. The van der Waals surface area contributed by atoms with Gasteiger partial charge >= 0.3 is 0 Å². The van der Waals surface area contributed by atoms with Crippen LogP contribution in [0, 0.1) is 0 Å². The van der Waals surface area contributed by atoms with Crippen LogP contribution < -0.4 is 10.2 Å². The van der Waals surface area contributed by atoms with Crippen molar-refractivity contribution in [2.75, 3.05) is 40.9 Å². The lowest BCUT2D eigenvalue weighted by Gasteiger charge is -2.30. The van der Waals surface area contributed by atoms with Crippen LogP contribution in [-0.4, -0.2) is 68.5 Å². The maximum atomic E-state index is 12.9. The average Bonchev–Trinajstić information content (AvgIpc) is 3.25. The number of unbranched alkanes of at least 4 members (excludes halogenated alkanes) is 34. The van der Waals surface area contributed by atoms with E-state index >= 15 is 0 Å². The molecule has 0 saturated heterocycles. The molecule has 1 amide bonds. The van der Waals surface area contributed by atoms with Crippen LogP contribution in [0.25, 0.3) is 0 Å². The van der Waals surface area contributed by atoms with Gasteiger partial charge in [0.25, 0.3) is 7.82 Å². The molecule has 0 aromatic rings. The first kappa shape index (κ1) is 63.0. The molecule has 3 atom stereocenters. The van der Waals surface area contributed by atoms with Crippen LogP contribution in [0.5, 0.6) is 0 Å². The Labute approximate surface area is 398 Å². The summed E-state index contributed by atoms with van der Waals surface area (Å²) in [6, 6.07) is -0.797. The van der Waals surface area contributed by atoms with E-state index in [1.54, 1.807) is 0 Å². The Kier molecular flexibility index (Phi) is 46.3. The number of allylic oxidation sites excluding steroid dienone is 4. The molecule has 0 aromatic carbocycles. The van der Waals surface area contributed by atoms with Crippen LogP contribution in [0.2, 0.25) is 0 Å². The Morgan fingerprint density at radius 2 is 0.906 bits per heavy atom. The molecule has 9 heteroatoms. The number of quaternary nitrogens is 1. The zero-order chi connectivity index (χ0) is 47.1. The van der Waals surface area contributed by atoms with Crippen molar-refractivity contribution < 1.29 is 32.9 Å². The van der Waals surface area contributed by atoms with Crippen LogP contribution in [0.1, 0.15) is 271 Å². The SMILES string of the molecule is CCCCCCCCCCC/C=C\C/C=C\CCCCCCCCCCCCCCCCCC(=O)NC(COP(=O)([O-])OCC[N+](C)(C)C)C(O)CCCCCCCCCCCCC. The molecule has 0 aliphatic rings. The summed E-state index contributed by atoms with van der Waals surface area (Å²) in [6.45, 7) is 4.73. The smallest absolute Gasteiger partial charge is 0.268 e. The summed E-state index contributed by atoms with van der Waals surface area (Å²) in [5.74, 6) is -0.163. The van der Waals surface area contributed by atoms with Crippen molar-refractivity contribution in [2.24, 2.45) is 0 Å². The maximum Gasteiger partial charge on any atom is 0.268 e. The fourth-order valence-corrected chi connectivity index (χ4v) is 9.03. The summed E-state index contributed by atoms with van der Waals surface area (Å²) in [4.78, 5) is 25.4. The van der Waals surface area contributed by atoms with E-state index in [1.165, 1.54) is 199 Å². The van der Waals surface area contributed by atoms with E-state index in [-0.39, 0.29) is 19.1 Å². The summed E-state index contributed by atoms with van der Waals surface area (Å²) in [5.41, 5.74) is 0. The molecule has 0 radical (unpaired) electrons. The second kappa shape index (κ2) is 47.1. The number of phosphoric acid groups is 1. The molecule has 64 heavy (non-hydrogen) atoms. The number of likely N-dealkylation sites (N-methyl/N-ethyl adjacent to an activating group) is 1. The summed E-state index contributed by atoms with van der Waals surface area (Å²) >= 11 is 0. The van der Waals surface area contributed by atoms with Gasteiger partial charge in [0, 0.05) is 6.42 Å². The number of aliphatic hydroxyl groups is 1. The monoisotopic (exact) mass is 925 g/mol. The predicted octanol–water partition coefficient (Wildman–Crippen LogP) is 15.8. The van der Waals surface area contributed by atoms with Crippen molar-refractivity contribution in [3.8, 4) is 0 Å². The van der Waals surface area contributed by atoms with E-state index < -0.39 is 20.0 Å². The van der Waals surface area contributed by atoms with Gasteiger partial charge in [-0.1, -0.05) is 244 Å². The minimum Gasteiger partial charge on any atom is -0.756 e. The molecule has 380 valence electrons. The number of nitrogens with one attached hydrogen (secondary N) is 1. The Hall–Kier alpha value is -1.02. The first-order valence-electron chi connectivity index (χ1n) is 27.7. The molecular weight excluding hydrogens is 816 g/mol. The fraction of sp³-hybridized carbons (Fsp3) is 0.909. The van der Waals surface area contributed by atoms with E-state index in [1.807, 2.05) is 21.1 Å². The Morgan fingerprint density at radius 1 is 0.547 bits per heavy atom. The number of aliphatic hydroxyl groups excluding tert-OH is 1. The second-order valence-electron chi connectivity index (χ2n) is 20.3. The van der Waals surface area contributed by atoms with Crippen molar-refractivity contribution >= 4 is 13.7 Å². The van der Waals surface area contributed by atoms with Crippen molar-refractivity contribution in [1.29, 1.82) is 0 Å². The molecule has 0 aromatic heterocycles. The van der Waals surface area contributed by atoms with E-state index in [0.29, 0.717) is 23.9 Å². The van der Waals surface area contributed by atoms with Crippen LogP contribution >= 0.6 is 7.82 Å². The number of nitrogens with zero attached hydrogens (tertiary/aromatic N) is 1. The van der Waals surface area contributed by atoms with Crippen molar-refractivity contribution in [2.45, 2.75) is 283 Å². The summed E-state index contributed by atoms with van der Waals surface area (Å²) in [7, 11) is 1.31. The largest absolute Gasteiger partial charge is 0.756 e. The number of phosphoric ester groups is 1. The Balaban J connectivity index is 3.99. The molecule has 0 bridgehead atoms. The van der Waals surface area contributed by atoms with Gasteiger partial charge in [-0.25, -0.2) is 0 Å². The highest BCUT2D eigenvalue weighted by Gasteiger charge is 2.24. The first-order chi connectivity index (χ1) is 31.0. The Morgan fingerprint density at radius 3 is 1.30 bits per heavy atom. The number of carbonyl (C=O) groups excluding carboxylic acids is 1. The highest BCUT2D eigenvalue weighted by Crippen LogP contribution is 2.38. The summed E-state index contributed by atoms with van der Waals surface area (Å²) < 4.78 is 23.3. The molecule has 0 fully saturated rings. The van der Waals surface area contributed by atoms with E-state index in [0.717, 1.165) is 44.9 Å². The molecule has 2 N–H and O–H groups in total. The minimum atomic E-state index is -4.56. The lowest BCUT2D eigenvalue weighted by molar-refractivity contribution is -0.870. The van der Waals surface area contributed by atoms with Crippen molar-refractivity contribution in [1.82, 2.24) is 5.32 Å². The molecular formula is C55H109N2O6P. The fourth-order valence-electron chi connectivity index (χ4n) is 8.31. The lowest BCUT2D eigenvalue weighted by Crippen LogP contribution is -2.46. The van der Waals surface area contributed by atoms with Crippen LogP contribution in [0.15, 0.2) is 24.3 Å². The number of hydrogen-bond acceptors (Lipinski definition) is 6. The van der Waals surface area contributed by atoms with E-state index in [4.69, 9.17) is 9.05 Å². The average molecular weight is 925 g/mol. The van der Waals surface area contributed by atoms with Gasteiger partial charge in [0.2, 0.25) is 5.91 Å². The standard InChI is InChI=1S/C55H109N2O6P/c1-6-8-10-12-14-16-18-19-20-21-22-23-24-25-26-27-28-29-30-31-32-33-34-35-36-37-39-41-43-45-47-49-55(59)56-53(52-63-64(60,61)62-51-50-57(3,4)5)54(58)48-46-44-42-40-38-17-15-13-11-9-7-2/h22-23,25-26,53-54,58H,6-21,24,27-52H2,1-5H3,(H-,56,59,60,61)/b23-22-,26-25-. The van der Waals surface area contributed by atoms with Crippen LogP contribution in [0.4, 0.5) is 0 Å². The second-order valence-corrected chi connectivity index (χ2v) is 21.7. The number of carbonyl (C=O) groups is 1. The molecule has 0 saturated carbocycles. The summed E-state index contributed by atoms with van der Waals surface area (Å²) in [6.07, 6.45) is 57.9. The number of rotatable bonds is 51. The molecule has 0 aliphatic carbocycles. The van der Waals surface area contributed by atoms with Gasteiger partial charge in [-0.05, 0) is 44.9 Å². The minimum absolute atomic E-state index is 0.0136. The molecule has 0 aliphatic heterocycles. The molecule has 0 rings (SSSR count). The lowest BCUT2D eigenvalue weighted by atomic mass is 10.0. The first-order valence-corrected chi connectivity index (χ1v) is 29.1. The highest BCUT2D eigenvalue weighted by molar-refractivity contribution is 7.45. The van der Waals surface area contributed by atoms with Gasteiger partial charge in [0.05, 0.1) is 39.9 Å².